The van der Waals surface area contributed by atoms with Gasteiger partial charge in [-0.2, -0.15) is 0 Å². The third-order valence-corrected chi connectivity index (χ3v) is 7.04. The van der Waals surface area contributed by atoms with Crippen molar-refractivity contribution in [3.8, 4) is 0 Å². The van der Waals surface area contributed by atoms with E-state index in [1.54, 1.807) is 0 Å². The van der Waals surface area contributed by atoms with Crippen molar-refractivity contribution in [2.75, 3.05) is 0 Å². The third-order valence-electron chi connectivity index (χ3n) is 7.04. The Morgan fingerprint density at radius 1 is 0.615 bits per heavy atom. The van der Waals surface area contributed by atoms with Crippen LogP contribution in [0, 0.1) is 35.5 Å². The van der Waals surface area contributed by atoms with E-state index in [4.69, 9.17) is 0 Å². The highest BCUT2D eigenvalue weighted by Gasteiger charge is 2.41. The van der Waals surface area contributed by atoms with Crippen molar-refractivity contribution in [1.29, 1.82) is 0 Å². The van der Waals surface area contributed by atoms with Gasteiger partial charge in [0.25, 0.3) is 0 Å². The molecule has 2 N–H and O–H groups in total. The minimum Gasteiger partial charge on any atom is -0.481 e. The van der Waals surface area contributed by atoms with E-state index in [1.165, 1.54) is 0 Å². The molecule has 0 bridgehead atoms. The van der Waals surface area contributed by atoms with Gasteiger partial charge < -0.3 is 10.2 Å². The van der Waals surface area contributed by atoms with Crippen LogP contribution in [0.15, 0.2) is 24.3 Å². The summed E-state index contributed by atoms with van der Waals surface area (Å²) in [7, 11) is 0. The van der Waals surface area contributed by atoms with Gasteiger partial charge >= 0.3 is 11.9 Å². The summed E-state index contributed by atoms with van der Waals surface area (Å²) in [5.41, 5.74) is 0. The topological polar surface area (TPSA) is 74.6 Å². The lowest BCUT2D eigenvalue weighted by Gasteiger charge is -2.39. The average Bonchev–Trinajstić information content (AvgIpc) is 2.65. The number of rotatable bonds is 6. The highest BCUT2D eigenvalue weighted by Crippen LogP contribution is 2.44. The van der Waals surface area contributed by atoms with E-state index in [1.807, 2.05) is 0 Å². The molecule has 144 valence electrons. The molecule has 0 aliphatic heterocycles. The Morgan fingerprint density at radius 2 is 1.00 bits per heavy atom. The van der Waals surface area contributed by atoms with E-state index in [-0.39, 0.29) is 35.5 Å². The van der Waals surface area contributed by atoms with Crippen molar-refractivity contribution in [3.63, 3.8) is 0 Å². The molecule has 0 aromatic heterocycles. The molecule has 1 saturated carbocycles. The summed E-state index contributed by atoms with van der Waals surface area (Å²) in [5, 5.41) is 19.6. The minimum atomic E-state index is -0.652. The van der Waals surface area contributed by atoms with Crippen molar-refractivity contribution in [2.24, 2.45) is 35.5 Å². The lowest BCUT2D eigenvalue weighted by atomic mass is 9.64. The van der Waals surface area contributed by atoms with Crippen LogP contribution in [-0.2, 0) is 9.59 Å². The van der Waals surface area contributed by atoms with Gasteiger partial charge in [0.15, 0.2) is 0 Å². The first-order valence-electron chi connectivity index (χ1n) is 10.3. The molecule has 4 atom stereocenters. The van der Waals surface area contributed by atoms with Crippen molar-refractivity contribution < 1.29 is 19.8 Å². The zero-order valence-electron chi connectivity index (χ0n) is 15.6. The molecule has 4 unspecified atom stereocenters. The van der Waals surface area contributed by atoms with Gasteiger partial charge in [0.2, 0.25) is 0 Å². The predicted octanol–water partition coefficient (Wildman–Crippen LogP) is 4.91. The maximum atomic E-state index is 11.9. The predicted molar refractivity (Wildman–Crippen MR) is 101 cm³/mol. The average molecular weight is 360 g/mol. The van der Waals surface area contributed by atoms with Gasteiger partial charge in [-0.05, 0) is 87.9 Å². The Kier molecular flexibility index (Phi) is 6.55. The number of carbonyl (C=O) groups is 2. The molecule has 0 aromatic rings. The molecule has 3 aliphatic carbocycles. The van der Waals surface area contributed by atoms with E-state index < -0.39 is 11.9 Å². The molecule has 26 heavy (non-hydrogen) atoms. The van der Waals surface area contributed by atoms with Gasteiger partial charge in [-0.1, -0.05) is 24.3 Å². The van der Waals surface area contributed by atoms with Crippen LogP contribution in [0.1, 0.15) is 64.2 Å². The Labute approximate surface area is 156 Å². The number of aliphatic carboxylic acids is 2. The maximum Gasteiger partial charge on any atom is 0.307 e. The van der Waals surface area contributed by atoms with Gasteiger partial charge in [0.1, 0.15) is 0 Å². The first kappa shape index (κ1) is 19.2. The number of hydrogen-bond acceptors (Lipinski definition) is 2. The van der Waals surface area contributed by atoms with E-state index >= 15 is 0 Å². The molecule has 0 aromatic carbocycles. The molecule has 0 amide bonds. The molecule has 3 rings (SSSR count). The molecule has 0 heterocycles. The van der Waals surface area contributed by atoms with E-state index in [0.717, 1.165) is 64.2 Å². The van der Waals surface area contributed by atoms with E-state index in [9.17, 15) is 19.8 Å². The number of carboxylic acids is 2. The largest absolute Gasteiger partial charge is 0.481 e. The van der Waals surface area contributed by atoms with Crippen molar-refractivity contribution in [3.05, 3.63) is 24.3 Å². The second-order valence-corrected chi connectivity index (χ2v) is 8.49. The second kappa shape index (κ2) is 8.88. The Bertz CT molecular complexity index is 506. The number of hydrogen-bond donors (Lipinski definition) is 2. The fraction of sp³-hybridized carbons (Fsp3) is 0.727. The number of allylic oxidation sites excluding steroid dienone is 4. The molecular formula is C22H32O4. The van der Waals surface area contributed by atoms with Crippen molar-refractivity contribution in [1.82, 2.24) is 0 Å². The van der Waals surface area contributed by atoms with Gasteiger partial charge in [0.05, 0.1) is 11.8 Å². The summed E-state index contributed by atoms with van der Waals surface area (Å²) < 4.78 is 0. The maximum absolute atomic E-state index is 11.9. The van der Waals surface area contributed by atoms with Gasteiger partial charge in [-0.25, -0.2) is 0 Å². The molecule has 3 aliphatic rings. The van der Waals surface area contributed by atoms with Crippen LogP contribution >= 0.6 is 0 Å². The fourth-order valence-electron chi connectivity index (χ4n) is 5.73. The smallest absolute Gasteiger partial charge is 0.307 e. The molecule has 4 nitrogen and oxygen atoms in total. The van der Waals surface area contributed by atoms with Crippen molar-refractivity contribution >= 4 is 11.9 Å². The molecular weight excluding hydrogens is 328 g/mol. The highest BCUT2D eigenvalue weighted by atomic mass is 16.4. The highest BCUT2D eigenvalue weighted by molar-refractivity contribution is 5.71. The van der Waals surface area contributed by atoms with Crippen LogP contribution in [0.3, 0.4) is 0 Å². The van der Waals surface area contributed by atoms with Gasteiger partial charge in [0, 0.05) is 0 Å². The summed E-state index contributed by atoms with van der Waals surface area (Å²) in [4.78, 5) is 23.9. The lowest BCUT2D eigenvalue weighted by molar-refractivity contribution is -0.150. The van der Waals surface area contributed by atoms with Crippen LogP contribution in [0.5, 0.6) is 0 Å². The summed E-state index contributed by atoms with van der Waals surface area (Å²) in [6.07, 6.45) is 17.7. The first-order chi connectivity index (χ1) is 12.6. The number of carboxylic acid groups (broad SMARTS) is 2. The van der Waals surface area contributed by atoms with Gasteiger partial charge in [-0.3, -0.25) is 9.59 Å². The van der Waals surface area contributed by atoms with Crippen molar-refractivity contribution in [2.45, 2.75) is 64.2 Å². The standard InChI is InChI=1S/C22H32O4/c23-21(24)19(15-7-3-1-4-8-15)17-11-13-18(14-12-17)20(22(25)26)16-9-5-2-6-10-16/h1-3,5,15-20H,4,6-14H2,(H,23,24)(H,25,26). The fourth-order valence-corrected chi connectivity index (χ4v) is 5.73. The van der Waals surface area contributed by atoms with Crippen LogP contribution in [-0.4, -0.2) is 22.2 Å². The third kappa shape index (κ3) is 4.39. The summed E-state index contributed by atoms with van der Waals surface area (Å²) in [6, 6.07) is 0. The zero-order valence-corrected chi connectivity index (χ0v) is 15.6. The molecule has 0 saturated heterocycles. The van der Waals surface area contributed by atoms with Crippen LogP contribution in [0.2, 0.25) is 0 Å². The molecule has 4 heteroatoms. The quantitative estimate of drug-likeness (QED) is 0.660. The molecule has 0 radical (unpaired) electrons. The molecule has 0 spiro atoms. The molecule has 1 fully saturated rings. The first-order valence-corrected chi connectivity index (χ1v) is 10.3. The summed E-state index contributed by atoms with van der Waals surface area (Å²) in [5.74, 6) is -0.914. The Hall–Kier alpha value is -1.58. The van der Waals surface area contributed by atoms with E-state index in [0.29, 0.717) is 0 Å². The van der Waals surface area contributed by atoms with Crippen LogP contribution in [0.25, 0.3) is 0 Å². The zero-order chi connectivity index (χ0) is 18.5. The lowest BCUT2D eigenvalue weighted by Crippen LogP contribution is -2.38. The van der Waals surface area contributed by atoms with Gasteiger partial charge in [-0.15, -0.1) is 0 Å². The summed E-state index contributed by atoms with van der Waals surface area (Å²) in [6.45, 7) is 0. The SMILES string of the molecule is O=C(O)C(C1CC=CCC1)C1CCC(C(C(=O)O)C2CC=CCC2)CC1. The summed E-state index contributed by atoms with van der Waals surface area (Å²) >= 11 is 0. The normalized spacial score (nSPS) is 34.2. The second-order valence-electron chi connectivity index (χ2n) is 8.49. The Balaban J connectivity index is 1.62. The van der Waals surface area contributed by atoms with Crippen LogP contribution < -0.4 is 0 Å². The Morgan fingerprint density at radius 3 is 1.27 bits per heavy atom. The monoisotopic (exact) mass is 360 g/mol. The van der Waals surface area contributed by atoms with Crippen LogP contribution in [0.4, 0.5) is 0 Å². The minimum absolute atomic E-state index is 0.209. The van der Waals surface area contributed by atoms with E-state index in [2.05, 4.69) is 24.3 Å².